The lowest BCUT2D eigenvalue weighted by Gasteiger charge is -2.22. The number of hydrogen-bond acceptors (Lipinski definition) is 3. The van der Waals surface area contributed by atoms with Gasteiger partial charge in [0.2, 0.25) is 0 Å². The van der Waals surface area contributed by atoms with Crippen LogP contribution in [0.1, 0.15) is 42.2 Å². The number of hydrogen-bond donors (Lipinski definition) is 1. The predicted molar refractivity (Wildman–Crippen MR) is 90.4 cm³/mol. The normalized spacial score (nSPS) is 16.3. The second-order valence-electron chi connectivity index (χ2n) is 5.94. The minimum atomic E-state index is 0.175. The second kappa shape index (κ2) is 7.21. The summed E-state index contributed by atoms with van der Waals surface area (Å²) < 4.78 is 0. The van der Waals surface area contributed by atoms with Crippen LogP contribution < -0.4 is 5.73 Å². The van der Waals surface area contributed by atoms with Gasteiger partial charge in [0, 0.05) is 23.5 Å². The summed E-state index contributed by atoms with van der Waals surface area (Å²) >= 11 is 1.87. The van der Waals surface area contributed by atoms with Crippen LogP contribution in [-0.4, -0.2) is 17.5 Å². The van der Waals surface area contributed by atoms with Crippen LogP contribution in [0.2, 0.25) is 0 Å². The van der Waals surface area contributed by atoms with E-state index in [-0.39, 0.29) is 6.04 Å². The number of thiophene rings is 1. The molecule has 1 unspecified atom stereocenters. The molecule has 1 aliphatic rings. The highest BCUT2D eigenvalue weighted by atomic mass is 32.1. The van der Waals surface area contributed by atoms with Crippen molar-refractivity contribution < 1.29 is 0 Å². The SMILES string of the molecule is NC(CCCN(Cc1cccs1)C1CC1)c1ccccc1. The highest BCUT2D eigenvalue weighted by molar-refractivity contribution is 7.09. The molecule has 1 aliphatic carbocycles. The zero-order valence-electron chi connectivity index (χ0n) is 12.4. The molecule has 2 aromatic rings. The maximum Gasteiger partial charge on any atom is 0.0330 e. The lowest BCUT2D eigenvalue weighted by molar-refractivity contribution is 0.249. The van der Waals surface area contributed by atoms with E-state index in [9.17, 15) is 0 Å². The zero-order chi connectivity index (χ0) is 14.5. The van der Waals surface area contributed by atoms with Gasteiger partial charge in [0.15, 0.2) is 0 Å². The molecule has 2 N–H and O–H groups in total. The summed E-state index contributed by atoms with van der Waals surface area (Å²) in [5.74, 6) is 0. The van der Waals surface area contributed by atoms with Crippen molar-refractivity contribution in [2.75, 3.05) is 6.54 Å². The summed E-state index contributed by atoms with van der Waals surface area (Å²) in [6.07, 6.45) is 4.99. The molecule has 1 aromatic heterocycles. The van der Waals surface area contributed by atoms with Crippen LogP contribution in [0.4, 0.5) is 0 Å². The molecule has 0 aliphatic heterocycles. The third-order valence-electron chi connectivity index (χ3n) is 4.19. The average molecular weight is 300 g/mol. The molecule has 0 amide bonds. The van der Waals surface area contributed by atoms with Gasteiger partial charge in [-0.15, -0.1) is 11.3 Å². The highest BCUT2D eigenvalue weighted by Crippen LogP contribution is 2.29. The summed E-state index contributed by atoms with van der Waals surface area (Å²) in [6.45, 7) is 2.28. The van der Waals surface area contributed by atoms with E-state index >= 15 is 0 Å². The van der Waals surface area contributed by atoms with E-state index < -0.39 is 0 Å². The molecule has 2 nitrogen and oxygen atoms in total. The van der Waals surface area contributed by atoms with Crippen LogP contribution >= 0.6 is 11.3 Å². The van der Waals surface area contributed by atoms with Crippen molar-refractivity contribution in [1.29, 1.82) is 0 Å². The molecule has 0 spiro atoms. The number of nitrogens with zero attached hydrogens (tertiary/aromatic N) is 1. The van der Waals surface area contributed by atoms with Gasteiger partial charge in [-0.05, 0) is 49.2 Å². The molecule has 3 heteroatoms. The molecular weight excluding hydrogens is 276 g/mol. The van der Waals surface area contributed by atoms with Crippen molar-refractivity contribution in [2.24, 2.45) is 5.73 Å². The van der Waals surface area contributed by atoms with Crippen molar-refractivity contribution in [1.82, 2.24) is 4.90 Å². The molecule has 0 saturated heterocycles. The van der Waals surface area contributed by atoms with Crippen molar-refractivity contribution in [3.8, 4) is 0 Å². The first-order valence-electron chi connectivity index (χ1n) is 7.90. The van der Waals surface area contributed by atoms with Crippen LogP contribution in [0.5, 0.6) is 0 Å². The molecule has 3 rings (SSSR count). The molecule has 0 radical (unpaired) electrons. The van der Waals surface area contributed by atoms with Gasteiger partial charge >= 0.3 is 0 Å². The second-order valence-corrected chi connectivity index (χ2v) is 6.97. The highest BCUT2D eigenvalue weighted by Gasteiger charge is 2.28. The van der Waals surface area contributed by atoms with Gasteiger partial charge in [0.1, 0.15) is 0 Å². The summed E-state index contributed by atoms with van der Waals surface area (Å²) in [5.41, 5.74) is 7.55. The Bertz CT molecular complexity index is 519. The topological polar surface area (TPSA) is 29.3 Å². The monoisotopic (exact) mass is 300 g/mol. The Morgan fingerprint density at radius 3 is 2.62 bits per heavy atom. The molecular formula is C18H24N2S. The van der Waals surface area contributed by atoms with Gasteiger partial charge < -0.3 is 5.73 Å². The molecule has 1 saturated carbocycles. The first-order chi connectivity index (χ1) is 10.3. The molecule has 1 aromatic carbocycles. The van der Waals surface area contributed by atoms with E-state index in [1.54, 1.807) is 0 Å². The fraction of sp³-hybridized carbons (Fsp3) is 0.444. The van der Waals surface area contributed by atoms with Crippen molar-refractivity contribution in [3.05, 3.63) is 58.3 Å². The first-order valence-corrected chi connectivity index (χ1v) is 8.78. The standard InChI is InChI=1S/C18H24N2S/c19-18(15-6-2-1-3-7-15)9-4-12-20(16-10-11-16)14-17-8-5-13-21-17/h1-3,5-8,13,16,18H,4,9-12,14,19H2. The predicted octanol–water partition coefficient (Wildman–Crippen LogP) is 4.19. The van der Waals surface area contributed by atoms with E-state index in [2.05, 4.69) is 46.7 Å². The van der Waals surface area contributed by atoms with Gasteiger partial charge in [0.25, 0.3) is 0 Å². The smallest absolute Gasteiger partial charge is 0.0330 e. The van der Waals surface area contributed by atoms with Crippen molar-refractivity contribution in [2.45, 2.75) is 44.3 Å². The lowest BCUT2D eigenvalue weighted by Crippen LogP contribution is -2.27. The fourth-order valence-corrected chi connectivity index (χ4v) is 3.54. The van der Waals surface area contributed by atoms with Crippen molar-refractivity contribution >= 4 is 11.3 Å². The molecule has 21 heavy (non-hydrogen) atoms. The average Bonchev–Trinajstić information content (AvgIpc) is 3.24. The Kier molecular flexibility index (Phi) is 5.07. The van der Waals surface area contributed by atoms with E-state index in [1.165, 1.54) is 36.2 Å². The van der Waals surface area contributed by atoms with Gasteiger partial charge in [-0.2, -0.15) is 0 Å². The van der Waals surface area contributed by atoms with E-state index in [0.717, 1.165) is 19.0 Å². The third kappa shape index (κ3) is 4.40. The van der Waals surface area contributed by atoms with Crippen molar-refractivity contribution in [3.63, 3.8) is 0 Å². The molecule has 1 fully saturated rings. The van der Waals surface area contributed by atoms with Crippen LogP contribution in [0.3, 0.4) is 0 Å². The Morgan fingerprint density at radius 2 is 1.95 bits per heavy atom. The van der Waals surface area contributed by atoms with E-state index in [0.29, 0.717) is 0 Å². The van der Waals surface area contributed by atoms with Gasteiger partial charge in [0.05, 0.1) is 0 Å². The summed E-state index contributed by atoms with van der Waals surface area (Å²) in [5, 5.41) is 2.17. The van der Waals surface area contributed by atoms with Gasteiger partial charge in [-0.1, -0.05) is 36.4 Å². The fourth-order valence-electron chi connectivity index (χ4n) is 2.81. The molecule has 112 valence electrons. The van der Waals surface area contributed by atoms with Gasteiger partial charge in [-0.25, -0.2) is 0 Å². The van der Waals surface area contributed by atoms with Crippen LogP contribution in [0.15, 0.2) is 47.8 Å². The molecule has 0 bridgehead atoms. The zero-order valence-corrected chi connectivity index (χ0v) is 13.3. The Hall–Kier alpha value is -1.16. The summed E-state index contributed by atoms with van der Waals surface area (Å²) in [6, 6.07) is 15.8. The van der Waals surface area contributed by atoms with Crippen LogP contribution in [-0.2, 0) is 6.54 Å². The minimum Gasteiger partial charge on any atom is -0.324 e. The lowest BCUT2D eigenvalue weighted by atomic mass is 10.0. The quantitative estimate of drug-likeness (QED) is 0.792. The molecule has 1 atom stereocenters. The van der Waals surface area contributed by atoms with Crippen LogP contribution in [0.25, 0.3) is 0 Å². The van der Waals surface area contributed by atoms with Gasteiger partial charge in [-0.3, -0.25) is 4.90 Å². The number of rotatable bonds is 8. The summed E-state index contributed by atoms with van der Waals surface area (Å²) in [7, 11) is 0. The first kappa shape index (κ1) is 14.8. The maximum atomic E-state index is 6.29. The Labute approximate surface area is 131 Å². The Morgan fingerprint density at radius 1 is 1.14 bits per heavy atom. The molecule has 1 heterocycles. The summed E-state index contributed by atoms with van der Waals surface area (Å²) in [4.78, 5) is 4.12. The van der Waals surface area contributed by atoms with E-state index in [4.69, 9.17) is 5.73 Å². The number of benzene rings is 1. The minimum absolute atomic E-state index is 0.175. The van der Waals surface area contributed by atoms with E-state index in [1.807, 2.05) is 17.4 Å². The third-order valence-corrected chi connectivity index (χ3v) is 5.05. The maximum absolute atomic E-state index is 6.29. The Balaban J connectivity index is 1.46. The van der Waals surface area contributed by atoms with Crippen LogP contribution in [0, 0.1) is 0 Å². The largest absolute Gasteiger partial charge is 0.324 e. The number of nitrogens with two attached hydrogens (primary N) is 1.